The lowest BCUT2D eigenvalue weighted by Crippen LogP contribution is -2.29. The summed E-state index contributed by atoms with van der Waals surface area (Å²) < 4.78 is 41.9. The third-order valence-electron chi connectivity index (χ3n) is 4.13. The lowest BCUT2D eigenvalue weighted by atomic mass is 10.1. The number of hydrogen-bond acceptors (Lipinski definition) is 5. The van der Waals surface area contributed by atoms with E-state index in [1.165, 1.54) is 29.1 Å². The molecule has 0 bridgehead atoms. The van der Waals surface area contributed by atoms with Gasteiger partial charge in [-0.1, -0.05) is 17.3 Å². The van der Waals surface area contributed by atoms with E-state index in [4.69, 9.17) is 0 Å². The topological polar surface area (TPSA) is 59.2 Å². The quantitative estimate of drug-likeness (QED) is 0.627. The number of aromatic nitrogens is 2. The van der Waals surface area contributed by atoms with E-state index in [9.17, 15) is 18.0 Å². The zero-order chi connectivity index (χ0) is 19.8. The summed E-state index contributed by atoms with van der Waals surface area (Å²) in [6.07, 6.45) is -4.69. The van der Waals surface area contributed by atoms with Crippen LogP contribution >= 0.6 is 11.3 Å². The molecule has 27 heavy (non-hydrogen) atoms. The van der Waals surface area contributed by atoms with E-state index in [1.54, 1.807) is 23.3 Å². The Morgan fingerprint density at radius 2 is 1.85 bits per heavy atom. The van der Waals surface area contributed by atoms with Crippen molar-refractivity contribution in [1.29, 1.82) is 0 Å². The highest BCUT2D eigenvalue weighted by Gasteiger charge is 2.38. The van der Waals surface area contributed by atoms with Gasteiger partial charge in [-0.2, -0.15) is 18.2 Å². The first-order valence-electron chi connectivity index (χ1n) is 8.01. The number of carbonyl (C=O) groups is 1. The molecular weight excluding hydrogens is 379 g/mol. The first-order valence-corrected chi connectivity index (χ1v) is 8.83. The van der Waals surface area contributed by atoms with Crippen molar-refractivity contribution in [3.63, 3.8) is 0 Å². The molecule has 1 aromatic carbocycles. The summed E-state index contributed by atoms with van der Waals surface area (Å²) in [5.74, 6) is -1.78. The number of aryl methyl sites for hydroxylation is 1. The molecule has 3 rings (SSSR count). The summed E-state index contributed by atoms with van der Waals surface area (Å²) in [4.78, 5) is 19.9. The number of hydrogen-bond donors (Lipinski definition) is 0. The fourth-order valence-corrected chi connectivity index (χ4v) is 3.44. The third kappa shape index (κ3) is 4.02. The summed E-state index contributed by atoms with van der Waals surface area (Å²) in [5.41, 5.74) is 0.747. The molecule has 0 saturated carbocycles. The van der Waals surface area contributed by atoms with Crippen molar-refractivity contribution in [2.75, 3.05) is 7.05 Å². The molecule has 2 heterocycles. The van der Waals surface area contributed by atoms with Crippen LogP contribution in [0.1, 0.15) is 39.0 Å². The summed E-state index contributed by atoms with van der Waals surface area (Å²) in [6.45, 7) is 3.94. The number of nitrogens with zero attached hydrogens (tertiary/aromatic N) is 3. The van der Waals surface area contributed by atoms with E-state index >= 15 is 0 Å². The first-order chi connectivity index (χ1) is 12.7. The lowest BCUT2D eigenvalue weighted by molar-refractivity contribution is -0.159. The molecule has 0 aliphatic carbocycles. The van der Waals surface area contributed by atoms with Crippen LogP contribution in [0.4, 0.5) is 13.2 Å². The van der Waals surface area contributed by atoms with Gasteiger partial charge >= 0.3 is 12.1 Å². The number of alkyl halides is 3. The molecule has 0 radical (unpaired) electrons. The maximum absolute atomic E-state index is 12.7. The molecule has 3 aromatic rings. The molecule has 1 amide bonds. The first kappa shape index (κ1) is 19.1. The maximum Gasteiger partial charge on any atom is 0.471 e. The number of halogens is 3. The van der Waals surface area contributed by atoms with Crippen LogP contribution in [-0.4, -0.2) is 28.0 Å². The summed E-state index contributed by atoms with van der Waals surface area (Å²) >= 11 is 1.63. The standard InChI is InChI=1S/C18H16F3N3O2S/c1-10-4-9-14(27-10)11(2)24(3)16(25)13-7-5-12(6-8-13)15-22-17(26-23-15)18(19,20)21/h4-9,11H,1-3H3/t11-/m0/s1. The van der Waals surface area contributed by atoms with Crippen molar-refractivity contribution in [3.05, 3.63) is 57.6 Å². The van der Waals surface area contributed by atoms with Crippen molar-refractivity contribution in [2.24, 2.45) is 0 Å². The molecule has 0 saturated heterocycles. The number of carbonyl (C=O) groups excluding carboxylic acids is 1. The second-order valence-corrected chi connectivity index (χ2v) is 7.36. The highest BCUT2D eigenvalue weighted by molar-refractivity contribution is 7.12. The zero-order valence-corrected chi connectivity index (χ0v) is 15.6. The smallest absolute Gasteiger partial charge is 0.334 e. The average Bonchev–Trinajstić information content (AvgIpc) is 3.29. The van der Waals surface area contributed by atoms with E-state index in [0.717, 1.165) is 4.88 Å². The van der Waals surface area contributed by atoms with E-state index in [-0.39, 0.29) is 17.8 Å². The summed E-state index contributed by atoms with van der Waals surface area (Å²) in [7, 11) is 1.71. The van der Waals surface area contributed by atoms with Gasteiger partial charge in [-0.05, 0) is 38.1 Å². The second kappa shape index (κ2) is 7.15. The fraction of sp³-hybridized carbons (Fsp3) is 0.278. The van der Waals surface area contributed by atoms with Crippen molar-refractivity contribution in [2.45, 2.75) is 26.1 Å². The van der Waals surface area contributed by atoms with Gasteiger partial charge in [0, 0.05) is 27.9 Å². The van der Waals surface area contributed by atoms with Gasteiger partial charge in [0.25, 0.3) is 5.91 Å². The van der Waals surface area contributed by atoms with Gasteiger partial charge in [0.2, 0.25) is 5.82 Å². The van der Waals surface area contributed by atoms with Crippen molar-refractivity contribution < 1.29 is 22.5 Å². The maximum atomic E-state index is 12.7. The number of benzene rings is 1. The normalized spacial score (nSPS) is 12.8. The zero-order valence-electron chi connectivity index (χ0n) is 14.7. The van der Waals surface area contributed by atoms with Crippen LogP contribution in [0.2, 0.25) is 0 Å². The molecule has 0 N–H and O–H groups in total. The minimum atomic E-state index is -4.69. The Bertz CT molecular complexity index is 947. The molecule has 5 nitrogen and oxygen atoms in total. The average molecular weight is 395 g/mol. The van der Waals surface area contributed by atoms with E-state index in [2.05, 4.69) is 14.7 Å². The van der Waals surface area contributed by atoms with Gasteiger partial charge < -0.3 is 9.42 Å². The fourth-order valence-electron chi connectivity index (χ4n) is 2.47. The van der Waals surface area contributed by atoms with Gasteiger partial charge in [-0.3, -0.25) is 4.79 Å². The molecule has 2 aromatic heterocycles. The molecular formula is C18H16F3N3O2S. The minimum Gasteiger partial charge on any atom is -0.334 e. The van der Waals surface area contributed by atoms with Crippen molar-refractivity contribution >= 4 is 17.2 Å². The van der Waals surface area contributed by atoms with Gasteiger partial charge in [-0.15, -0.1) is 11.3 Å². The van der Waals surface area contributed by atoms with E-state index in [0.29, 0.717) is 11.1 Å². The monoisotopic (exact) mass is 395 g/mol. The van der Waals surface area contributed by atoms with Crippen LogP contribution in [0.25, 0.3) is 11.4 Å². The lowest BCUT2D eigenvalue weighted by Gasteiger charge is -2.24. The Hall–Kier alpha value is -2.68. The second-order valence-electron chi connectivity index (χ2n) is 6.04. The minimum absolute atomic E-state index is 0.0950. The number of thiophene rings is 1. The number of rotatable bonds is 4. The largest absolute Gasteiger partial charge is 0.471 e. The van der Waals surface area contributed by atoms with E-state index in [1.807, 2.05) is 26.0 Å². The van der Waals surface area contributed by atoms with Crippen molar-refractivity contribution in [3.8, 4) is 11.4 Å². The van der Waals surface area contributed by atoms with Crippen LogP contribution in [-0.2, 0) is 6.18 Å². The van der Waals surface area contributed by atoms with Crippen LogP contribution in [0.3, 0.4) is 0 Å². The molecule has 0 aliphatic rings. The summed E-state index contributed by atoms with van der Waals surface area (Å²) in [6, 6.07) is 9.95. The Morgan fingerprint density at radius 1 is 1.19 bits per heavy atom. The Morgan fingerprint density at radius 3 is 2.37 bits per heavy atom. The molecule has 142 valence electrons. The molecule has 0 aliphatic heterocycles. The molecule has 0 fully saturated rings. The number of amides is 1. The van der Waals surface area contributed by atoms with Gasteiger partial charge in [0.1, 0.15) is 0 Å². The van der Waals surface area contributed by atoms with Crippen LogP contribution in [0, 0.1) is 6.92 Å². The molecule has 0 unspecified atom stereocenters. The Balaban J connectivity index is 1.76. The molecule has 1 atom stereocenters. The predicted molar refractivity (Wildman–Crippen MR) is 94.3 cm³/mol. The Labute approximate surface area is 157 Å². The van der Waals surface area contributed by atoms with Crippen molar-refractivity contribution in [1.82, 2.24) is 15.0 Å². The SMILES string of the molecule is Cc1ccc([C@H](C)N(C)C(=O)c2ccc(-c3noc(C(F)(F)F)n3)cc2)s1. The van der Waals surface area contributed by atoms with E-state index < -0.39 is 12.1 Å². The molecule has 0 spiro atoms. The van der Waals surface area contributed by atoms with Gasteiger partial charge in [0.15, 0.2) is 0 Å². The Kier molecular flexibility index (Phi) is 5.05. The summed E-state index contributed by atoms with van der Waals surface area (Å²) in [5, 5.41) is 3.33. The molecule has 9 heteroatoms. The third-order valence-corrected chi connectivity index (χ3v) is 5.30. The van der Waals surface area contributed by atoms with Crippen LogP contribution in [0.5, 0.6) is 0 Å². The van der Waals surface area contributed by atoms with Gasteiger partial charge in [0.05, 0.1) is 6.04 Å². The van der Waals surface area contributed by atoms with Gasteiger partial charge in [-0.25, -0.2) is 0 Å². The predicted octanol–water partition coefficient (Wildman–Crippen LogP) is 4.96. The highest BCUT2D eigenvalue weighted by Crippen LogP contribution is 2.30. The highest BCUT2D eigenvalue weighted by atomic mass is 32.1. The van der Waals surface area contributed by atoms with Crippen LogP contribution < -0.4 is 0 Å². The van der Waals surface area contributed by atoms with Crippen LogP contribution in [0.15, 0.2) is 40.9 Å².